The molecule has 3 aromatic rings. The monoisotopic (exact) mass is 458 g/mol. The van der Waals surface area contributed by atoms with Crippen molar-refractivity contribution in [3.8, 4) is 5.75 Å². The van der Waals surface area contributed by atoms with E-state index in [9.17, 15) is 9.59 Å². The first-order chi connectivity index (χ1) is 16.6. The van der Waals surface area contributed by atoms with E-state index < -0.39 is 0 Å². The number of methoxy groups -OCH3 is 1. The second kappa shape index (κ2) is 9.75. The summed E-state index contributed by atoms with van der Waals surface area (Å²) in [5.74, 6) is 0.650. The summed E-state index contributed by atoms with van der Waals surface area (Å²) >= 11 is 0. The first kappa shape index (κ1) is 22.3. The maximum Gasteiger partial charge on any atom is 0.309 e. The van der Waals surface area contributed by atoms with E-state index in [-0.39, 0.29) is 23.7 Å². The van der Waals surface area contributed by atoms with Crippen LogP contribution in [0.25, 0.3) is 10.8 Å². The molecule has 3 aromatic carbocycles. The average molecular weight is 459 g/mol. The maximum absolute atomic E-state index is 12.8. The molecule has 5 rings (SSSR count). The van der Waals surface area contributed by atoms with Gasteiger partial charge in [-0.05, 0) is 59.9 Å². The number of fused-ring (bicyclic) bond motifs is 3. The highest BCUT2D eigenvalue weighted by atomic mass is 16.5. The SMILES string of the molecule is COC(=O)C1CCCCC1CNC(=O)c1ccc(N2COc3ccc4ccccc4c3C2)cc1. The highest BCUT2D eigenvalue weighted by Gasteiger charge is 2.31. The van der Waals surface area contributed by atoms with Crippen molar-refractivity contribution in [2.75, 3.05) is 25.3 Å². The highest BCUT2D eigenvalue weighted by molar-refractivity contribution is 5.94. The number of carbonyl (C=O) groups is 2. The molecule has 1 heterocycles. The Hall–Kier alpha value is -3.54. The van der Waals surface area contributed by atoms with Gasteiger partial charge < -0.3 is 19.7 Å². The number of ether oxygens (including phenoxy) is 2. The Morgan fingerprint density at radius 1 is 1.03 bits per heavy atom. The number of nitrogens with zero attached hydrogens (tertiary/aromatic N) is 1. The zero-order valence-electron chi connectivity index (χ0n) is 19.5. The first-order valence-corrected chi connectivity index (χ1v) is 12.0. The number of amides is 1. The van der Waals surface area contributed by atoms with E-state index in [1.54, 1.807) is 0 Å². The zero-order valence-corrected chi connectivity index (χ0v) is 19.5. The van der Waals surface area contributed by atoms with Gasteiger partial charge in [0.15, 0.2) is 6.73 Å². The van der Waals surface area contributed by atoms with Gasteiger partial charge in [-0.25, -0.2) is 0 Å². The van der Waals surface area contributed by atoms with Gasteiger partial charge in [0, 0.05) is 23.4 Å². The molecule has 1 saturated carbocycles. The molecule has 1 aliphatic heterocycles. The van der Waals surface area contributed by atoms with Gasteiger partial charge in [0.2, 0.25) is 0 Å². The van der Waals surface area contributed by atoms with E-state index in [4.69, 9.17) is 9.47 Å². The van der Waals surface area contributed by atoms with E-state index in [2.05, 4.69) is 34.5 Å². The van der Waals surface area contributed by atoms with Gasteiger partial charge in [0.05, 0.1) is 19.6 Å². The van der Waals surface area contributed by atoms with Crippen LogP contribution in [-0.2, 0) is 16.1 Å². The Bertz CT molecular complexity index is 1190. The number of nitrogens with one attached hydrogen (secondary N) is 1. The fourth-order valence-corrected chi connectivity index (χ4v) is 5.23. The van der Waals surface area contributed by atoms with Crippen LogP contribution in [0, 0.1) is 11.8 Å². The van der Waals surface area contributed by atoms with E-state index >= 15 is 0 Å². The smallest absolute Gasteiger partial charge is 0.309 e. The van der Waals surface area contributed by atoms with Crippen molar-refractivity contribution in [2.45, 2.75) is 32.2 Å². The topological polar surface area (TPSA) is 67.9 Å². The normalized spacial score (nSPS) is 19.7. The lowest BCUT2D eigenvalue weighted by molar-refractivity contribution is -0.148. The third-order valence-electron chi connectivity index (χ3n) is 7.15. The van der Waals surface area contributed by atoms with Gasteiger partial charge in [0.1, 0.15) is 5.75 Å². The van der Waals surface area contributed by atoms with Crippen LogP contribution in [0.2, 0.25) is 0 Å². The summed E-state index contributed by atoms with van der Waals surface area (Å²) in [6.07, 6.45) is 3.88. The number of carbonyl (C=O) groups excluding carboxylic acids is 2. The van der Waals surface area contributed by atoms with Crippen LogP contribution < -0.4 is 15.0 Å². The van der Waals surface area contributed by atoms with Crippen LogP contribution in [-0.4, -0.2) is 32.3 Å². The van der Waals surface area contributed by atoms with Crippen LogP contribution in [0.1, 0.15) is 41.6 Å². The molecule has 6 heteroatoms. The second-order valence-corrected chi connectivity index (χ2v) is 9.17. The van der Waals surface area contributed by atoms with Crippen LogP contribution in [0.3, 0.4) is 0 Å². The molecule has 0 aromatic heterocycles. The van der Waals surface area contributed by atoms with Crippen molar-refractivity contribution in [2.24, 2.45) is 11.8 Å². The molecular formula is C28H30N2O4. The van der Waals surface area contributed by atoms with Crippen molar-refractivity contribution in [1.29, 1.82) is 0 Å². The third kappa shape index (κ3) is 4.45. The Kier molecular flexibility index (Phi) is 6.39. The lowest BCUT2D eigenvalue weighted by atomic mass is 9.79. The lowest BCUT2D eigenvalue weighted by Gasteiger charge is -2.31. The molecular weight excluding hydrogens is 428 g/mol. The molecule has 176 valence electrons. The Labute approximate surface area is 199 Å². The second-order valence-electron chi connectivity index (χ2n) is 9.17. The predicted octanol–water partition coefficient (Wildman–Crippen LogP) is 4.91. The minimum absolute atomic E-state index is 0.119. The first-order valence-electron chi connectivity index (χ1n) is 12.0. The molecule has 1 aliphatic carbocycles. The van der Waals surface area contributed by atoms with E-state index in [1.807, 2.05) is 36.4 Å². The minimum Gasteiger partial charge on any atom is -0.473 e. The van der Waals surface area contributed by atoms with Crippen LogP contribution in [0.5, 0.6) is 5.75 Å². The predicted molar refractivity (Wildman–Crippen MR) is 132 cm³/mol. The molecule has 1 fully saturated rings. The van der Waals surface area contributed by atoms with Gasteiger partial charge in [-0.2, -0.15) is 0 Å². The van der Waals surface area contributed by atoms with Gasteiger partial charge in [0.25, 0.3) is 5.91 Å². The number of anilines is 1. The van der Waals surface area contributed by atoms with Crippen LogP contribution >= 0.6 is 0 Å². The Morgan fingerprint density at radius 2 is 1.82 bits per heavy atom. The Morgan fingerprint density at radius 3 is 2.65 bits per heavy atom. The zero-order chi connectivity index (χ0) is 23.5. The molecule has 34 heavy (non-hydrogen) atoms. The Balaban J connectivity index is 1.24. The molecule has 0 spiro atoms. The summed E-state index contributed by atoms with van der Waals surface area (Å²) in [5, 5.41) is 5.43. The molecule has 0 saturated heterocycles. The van der Waals surface area contributed by atoms with Gasteiger partial charge in [-0.15, -0.1) is 0 Å². The standard InChI is InChI=1S/C28H30N2O4/c1-33-28(32)24-9-5-3-7-21(24)16-29-27(31)20-10-13-22(14-11-20)30-17-25-23-8-4-2-6-19(23)12-15-26(25)34-18-30/h2,4,6,8,10-15,21,24H,3,5,7,9,16-18H2,1H3,(H,29,31). The molecule has 1 amide bonds. The fraction of sp³-hybridized carbons (Fsp3) is 0.357. The summed E-state index contributed by atoms with van der Waals surface area (Å²) in [5.41, 5.74) is 2.80. The summed E-state index contributed by atoms with van der Waals surface area (Å²) in [7, 11) is 1.43. The minimum atomic E-state index is -0.165. The number of hydrogen-bond donors (Lipinski definition) is 1. The van der Waals surface area contributed by atoms with E-state index in [0.29, 0.717) is 18.8 Å². The van der Waals surface area contributed by atoms with Crippen molar-refractivity contribution < 1.29 is 19.1 Å². The molecule has 1 N–H and O–H groups in total. The molecule has 2 atom stereocenters. The number of rotatable bonds is 5. The third-order valence-corrected chi connectivity index (χ3v) is 7.15. The number of benzene rings is 3. The van der Waals surface area contributed by atoms with Crippen LogP contribution in [0.4, 0.5) is 5.69 Å². The number of esters is 1. The largest absolute Gasteiger partial charge is 0.473 e. The van der Waals surface area contributed by atoms with Crippen molar-refractivity contribution >= 4 is 28.3 Å². The highest BCUT2D eigenvalue weighted by Crippen LogP contribution is 2.34. The molecule has 0 radical (unpaired) electrons. The maximum atomic E-state index is 12.8. The van der Waals surface area contributed by atoms with Crippen molar-refractivity contribution in [1.82, 2.24) is 5.32 Å². The molecule has 6 nitrogen and oxygen atoms in total. The van der Waals surface area contributed by atoms with E-state index in [0.717, 1.165) is 43.7 Å². The van der Waals surface area contributed by atoms with Crippen molar-refractivity contribution in [3.63, 3.8) is 0 Å². The summed E-state index contributed by atoms with van der Waals surface area (Å²) in [6, 6.07) is 20.1. The quantitative estimate of drug-likeness (QED) is 0.551. The van der Waals surface area contributed by atoms with Gasteiger partial charge in [-0.1, -0.05) is 43.2 Å². The average Bonchev–Trinajstić information content (AvgIpc) is 2.91. The molecule has 2 aliphatic rings. The van der Waals surface area contributed by atoms with Gasteiger partial charge >= 0.3 is 5.97 Å². The van der Waals surface area contributed by atoms with Crippen molar-refractivity contribution in [3.05, 3.63) is 71.8 Å². The lowest BCUT2D eigenvalue weighted by Crippen LogP contribution is -2.37. The summed E-state index contributed by atoms with van der Waals surface area (Å²) < 4.78 is 11.0. The fourth-order valence-electron chi connectivity index (χ4n) is 5.23. The molecule has 2 unspecified atom stereocenters. The number of hydrogen-bond acceptors (Lipinski definition) is 5. The summed E-state index contributed by atoms with van der Waals surface area (Å²) in [6.45, 7) is 1.70. The summed E-state index contributed by atoms with van der Waals surface area (Å²) in [4.78, 5) is 27.0. The van der Waals surface area contributed by atoms with E-state index in [1.165, 1.54) is 23.4 Å². The van der Waals surface area contributed by atoms with Crippen LogP contribution in [0.15, 0.2) is 60.7 Å². The molecule has 0 bridgehead atoms. The van der Waals surface area contributed by atoms with Gasteiger partial charge in [-0.3, -0.25) is 9.59 Å².